The van der Waals surface area contributed by atoms with Crippen molar-refractivity contribution in [3.05, 3.63) is 46.3 Å². The molecule has 0 aliphatic carbocycles. The molecular weight excluding hydrogens is 423 g/mol. The number of hydrogen-bond acceptors (Lipinski definition) is 6. The van der Waals surface area contributed by atoms with Crippen LogP contribution in [0.5, 0.6) is 5.75 Å². The van der Waals surface area contributed by atoms with Gasteiger partial charge in [-0.2, -0.15) is 13.2 Å². The minimum atomic E-state index is -4.51. The summed E-state index contributed by atoms with van der Waals surface area (Å²) in [4.78, 5) is 24.1. The van der Waals surface area contributed by atoms with Gasteiger partial charge in [-0.25, -0.2) is 9.97 Å². The van der Waals surface area contributed by atoms with E-state index in [9.17, 15) is 23.1 Å². The maximum absolute atomic E-state index is 13.4. The van der Waals surface area contributed by atoms with Crippen molar-refractivity contribution in [3.63, 3.8) is 0 Å². The number of alkyl halides is 3. The van der Waals surface area contributed by atoms with E-state index in [-0.39, 0.29) is 17.1 Å². The van der Waals surface area contributed by atoms with Crippen LogP contribution >= 0.6 is 0 Å². The first kappa shape index (κ1) is 24.0. The van der Waals surface area contributed by atoms with Crippen LogP contribution in [0.25, 0.3) is 0 Å². The van der Waals surface area contributed by atoms with Crippen LogP contribution in [0.1, 0.15) is 45.1 Å². The second-order valence-corrected chi connectivity index (χ2v) is 9.14. The number of piperazine rings is 1. The van der Waals surface area contributed by atoms with E-state index in [4.69, 9.17) is 0 Å². The summed E-state index contributed by atoms with van der Waals surface area (Å²) in [5.74, 6) is 0.475. The molecule has 0 radical (unpaired) electrons. The van der Waals surface area contributed by atoms with Gasteiger partial charge in [0.25, 0.3) is 5.56 Å². The number of pyridine rings is 1. The Kier molecular flexibility index (Phi) is 7.12. The highest BCUT2D eigenvalue weighted by Crippen LogP contribution is 2.32. The fraction of sp³-hybridized carbons (Fsp3) is 0.591. The summed E-state index contributed by atoms with van der Waals surface area (Å²) in [5, 5.41) is 9.31. The Morgan fingerprint density at radius 3 is 2.25 bits per heavy atom. The van der Waals surface area contributed by atoms with E-state index >= 15 is 0 Å². The van der Waals surface area contributed by atoms with E-state index < -0.39 is 17.3 Å². The Balaban J connectivity index is 1.54. The number of aromatic hydroxyl groups is 1. The van der Waals surface area contributed by atoms with Gasteiger partial charge < -0.3 is 14.6 Å². The fourth-order valence-corrected chi connectivity index (χ4v) is 3.58. The number of aromatic nitrogens is 3. The molecule has 0 bridgehead atoms. The third-order valence-electron chi connectivity index (χ3n) is 5.47. The molecule has 3 rings (SSSR count). The SMILES string of the molecule is CC(C)(C)c1nc(N2CCN(CCCCn3ccc(O)cc3=O)CC2)cc(C(F)(F)F)n1. The molecular formula is C22H30F3N5O2. The lowest BCUT2D eigenvalue weighted by molar-refractivity contribution is -0.141. The summed E-state index contributed by atoms with van der Waals surface area (Å²) >= 11 is 0. The maximum Gasteiger partial charge on any atom is 0.433 e. The standard InChI is InChI=1S/C22H30F3N5O2/c1-21(2,3)20-26-17(22(23,24)25)15-18(27-20)29-12-10-28(11-13-29)7-4-5-8-30-9-6-16(31)14-19(30)32/h6,9,14-15,31H,4-5,7-8,10-13H2,1-3H3. The van der Waals surface area contributed by atoms with Gasteiger partial charge in [0.05, 0.1) is 0 Å². The average molecular weight is 454 g/mol. The van der Waals surface area contributed by atoms with Gasteiger partial charge in [-0.3, -0.25) is 9.69 Å². The van der Waals surface area contributed by atoms with Gasteiger partial charge in [0.1, 0.15) is 23.1 Å². The molecule has 1 aliphatic rings. The molecule has 10 heteroatoms. The van der Waals surface area contributed by atoms with Crippen LogP contribution in [-0.4, -0.2) is 57.3 Å². The number of rotatable bonds is 6. The monoisotopic (exact) mass is 453 g/mol. The second kappa shape index (κ2) is 9.48. The number of halogens is 3. The van der Waals surface area contributed by atoms with Crippen LogP contribution in [0.4, 0.5) is 19.0 Å². The molecule has 0 aromatic carbocycles. The van der Waals surface area contributed by atoms with Crippen LogP contribution in [0.15, 0.2) is 29.2 Å². The lowest BCUT2D eigenvalue weighted by Crippen LogP contribution is -2.47. The molecule has 2 aromatic heterocycles. The lowest BCUT2D eigenvalue weighted by atomic mass is 9.95. The molecule has 0 saturated carbocycles. The quantitative estimate of drug-likeness (QED) is 0.677. The van der Waals surface area contributed by atoms with Crippen LogP contribution in [0.2, 0.25) is 0 Å². The van der Waals surface area contributed by atoms with Crippen molar-refractivity contribution in [2.75, 3.05) is 37.6 Å². The van der Waals surface area contributed by atoms with Crippen molar-refractivity contribution >= 4 is 5.82 Å². The minimum Gasteiger partial charge on any atom is -0.508 e. The van der Waals surface area contributed by atoms with Crippen LogP contribution < -0.4 is 10.5 Å². The average Bonchev–Trinajstić information content (AvgIpc) is 2.71. The summed E-state index contributed by atoms with van der Waals surface area (Å²) < 4.78 is 41.6. The van der Waals surface area contributed by atoms with Gasteiger partial charge in [0, 0.05) is 56.5 Å². The molecule has 1 aliphatic heterocycles. The predicted molar refractivity (Wildman–Crippen MR) is 116 cm³/mol. The summed E-state index contributed by atoms with van der Waals surface area (Å²) in [7, 11) is 0. The highest BCUT2D eigenvalue weighted by molar-refractivity contribution is 5.42. The first-order valence-corrected chi connectivity index (χ1v) is 10.8. The summed E-state index contributed by atoms with van der Waals surface area (Å²) in [6.45, 7) is 9.49. The van der Waals surface area contributed by atoms with E-state index in [1.807, 2.05) is 4.90 Å². The van der Waals surface area contributed by atoms with Crippen molar-refractivity contribution in [2.24, 2.45) is 0 Å². The van der Waals surface area contributed by atoms with Crippen molar-refractivity contribution in [2.45, 2.75) is 51.7 Å². The first-order valence-electron chi connectivity index (χ1n) is 10.8. The largest absolute Gasteiger partial charge is 0.508 e. The molecule has 0 spiro atoms. The summed E-state index contributed by atoms with van der Waals surface area (Å²) in [6.07, 6.45) is -1.22. The zero-order chi connectivity index (χ0) is 23.5. The number of nitrogens with zero attached hydrogens (tertiary/aromatic N) is 5. The van der Waals surface area contributed by atoms with Gasteiger partial charge >= 0.3 is 6.18 Å². The normalized spacial score (nSPS) is 15.9. The predicted octanol–water partition coefficient (Wildman–Crippen LogP) is 3.26. The third kappa shape index (κ3) is 6.21. The van der Waals surface area contributed by atoms with Gasteiger partial charge in [0.15, 0.2) is 0 Å². The topological polar surface area (TPSA) is 74.5 Å². The Bertz CT molecular complexity index is 945. The molecule has 1 fully saturated rings. The van der Waals surface area contributed by atoms with Gasteiger partial charge in [-0.05, 0) is 25.5 Å². The van der Waals surface area contributed by atoms with Crippen LogP contribution in [0.3, 0.4) is 0 Å². The Morgan fingerprint density at radius 1 is 1.00 bits per heavy atom. The number of hydrogen-bond donors (Lipinski definition) is 1. The smallest absolute Gasteiger partial charge is 0.433 e. The molecule has 0 amide bonds. The van der Waals surface area contributed by atoms with E-state index in [1.54, 1.807) is 31.5 Å². The van der Waals surface area contributed by atoms with Crippen molar-refractivity contribution in [1.82, 2.24) is 19.4 Å². The van der Waals surface area contributed by atoms with Crippen LogP contribution in [0, 0.1) is 0 Å². The van der Waals surface area contributed by atoms with Gasteiger partial charge in [0.2, 0.25) is 0 Å². The number of aryl methyl sites for hydroxylation is 1. The molecule has 32 heavy (non-hydrogen) atoms. The van der Waals surface area contributed by atoms with E-state index in [1.165, 1.54) is 12.1 Å². The molecule has 3 heterocycles. The molecule has 0 unspecified atom stereocenters. The third-order valence-corrected chi connectivity index (χ3v) is 5.47. The fourth-order valence-electron chi connectivity index (χ4n) is 3.58. The van der Waals surface area contributed by atoms with Crippen molar-refractivity contribution < 1.29 is 18.3 Å². The number of unbranched alkanes of at least 4 members (excludes halogenated alkanes) is 1. The summed E-state index contributed by atoms with van der Waals surface area (Å²) in [5.41, 5.74) is -1.72. The zero-order valence-corrected chi connectivity index (χ0v) is 18.7. The van der Waals surface area contributed by atoms with Gasteiger partial charge in [-0.15, -0.1) is 0 Å². The molecule has 7 nitrogen and oxygen atoms in total. The van der Waals surface area contributed by atoms with Crippen molar-refractivity contribution in [1.29, 1.82) is 0 Å². The highest BCUT2D eigenvalue weighted by Gasteiger charge is 2.35. The van der Waals surface area contributed by atoms with Crippen molar-refractivity contribution in [3.8, 4) is 5.75 Å². The molecule has 2 aromatic rings. The second-order valence-electron chi connectivity index (χ2n) is 9.14. The molecule has 1 N–H and O–H groups in total. The molecule has 0 atom stereocenters. The Hall–Kier alpha value is -2.62. The summed E-state index contributed by atoms with van der Waals surface area (Å²) in [6, 6.07) is 3.73. The van der Waals surface area contributed by atoms with E-state index in [2.05, 4.69) is 14.9 Å². The highest BCUT2D eigenvalue weighted by atomic mass is 19.4. The Morgan fingerprint density at radius 2 is 1.66 bits per heavy atom. The maximum atomic E-state index is 13.4. The van der Waals surface area contributed by atoms with Crippen LogP contribution in [-0.2, 0) is 18.1 Å². The molecule has 176 valence electrons. The number of anilines is 1. The van der Waals surface area contributed by atoms with E-state index in [0.29, 0.717) is 25.5 Å². The Labute approximate surface area is 185 Å². The first-order chi connectivity index (χ1) is 14.9. The molecule has 1 saturated heterocycles. The minimum absolute atomic E-state index is 0.0372. The lowest BCUT2D eigenvalue weighted by Gasteiger charge is -2.36. The van der Waals surface area contributed by atoms with Gasteiger partial charge in [-0.1, -0.05) is 20.8 Å². The van der Waals surface area contributed by atoms with E-state index in [0.717, 1.165) is 38.5 Å². The zero-order valence-electron chi connectivity index (χ0n) is 18.7.